The van der Waals surface area contributed by atoms with Gasteiger partial charge in [-0.25, -0.2) is 0 Å². The molecule has 2 nitrogen and oxygen atoms in total. The molecule has 28 heavy (non-hydrogen) atoms. The lowest BCUT2D eigenvalue weighted by molar-refractivity contribution is 0.174. The highest BCUT2D eigenvalue weighted by Gasteiger charge is 2.18. The second kappa shape index (κ2) is 12.9. The van der Waals surface area contributed by atoms with Crippen molar-refractivity contribution in [2.75, 3.05) is 13.1 Å². The molecule has 0 aliphatic carbocycles. The standard InChI is InChI=1S/C26H42N2/c1-5-9-13-22(7-3)19-28(20-23(8-4)14-10-6-2)21-25-16-11-15-24-17-12-18-27-26(24)25/h11-12,15-18,22-23H,5-10,13-14,19-21H2,1-4H3. The average Bonchev–Trinajstić information content (AvgIpc) is 2.74. The van der Waals surface area contributed by atoms with Gasteiger partial charge in [0.25, 0.3) is 0 Å². The first-order valence-corrected chi connectivity index (χ1v) is 11.8. The molecule has 0 bridgehead atoms. The lowest BCUT2D eigenvalue weighted by atomic mass is 9.95. The van der Waals surface area contributed by atoms with Crippen LogP contribution in [0.3, 0.4) is 0 Å². The van der Waals surface area contributed by atoms with Crippen LogP contribution in [0.1, 0.15) is 84.6 Å². The Balaban J connectivity index is 2.18. The Bertz CT molecular complexity index is 643. The number of unbranched alkanes of at least 4 members (excludes halogenated alkanes) is 2. The summed E-state index contributed by atoms with van der Waals surface area (Å²) in [5.41, 5.74) is 2.56. The van der Waals surface area contributed by atoms with E-state index in [1.807, 2.05) is 12.3 Å². The third kappa shape index (κ3) is 7.20. The lowest BCUT2D eigenvalue weighted by Crippen LogP contribution is -2.33. The van der Waals surface area contributed by atoms with Gasteiger partial charge in [0.05, 0.1) is 5.52 Å². The normalized spacial score (nSPS) is 13.9. The molecule has 2 heteroatoms. The summed E-state index contributed by atoms with van der Waals surface area (Å²) in [6, 6.07) is 10.9. The van der Waals surface area contributed by atoms with Crippen LogP contribution in [-0.4, -0.2) is 23.0 Å². The number of benzene rings is 1. The summed E-state index contributed by atoms with van der Waals surface area (Å²) in [5, 5.41) is 1.26. The van der Waals surface area contributed by atoms with Crippen LogP contribution < -0.4 is 0 Å². The van der Waals surface area contributed by atoms with Crippen LogP contribution in [0, 0.1) is 11.8 Å². The molecule has 1 aromatic carbocycles. The summed E-state index contributed by atoms with van der Waals surface area (Å²) < 4.78 is 0. The number of rotatable bonds is 14. The number of fused-ring (bicyclic) bond motifs is 1. The second-order valence-corrected chi connectivity index (χ2v) is 8.52. The van der Waals surface area contributed by atoms with Gasteiger partial charge in [-0.05, 0) is 36.3 Å². The van der Waals surface area contributed by atoms with Crippen molar-refractivity contribution in [1.29, 1.82) is 0 Å². The zero-order valence-corrected chi connectivity index (χ0v) is 18.8. The first kappa shape index (κ1) is 22.9. The third-order valence-electron chi connectivity index (χ3n) is 6.23. The van der Waals surface area contributed by atoms with Gasteiger partial charge in [0, 0.05) is 31.2 Å². The van der Waals surface area contributed by atoms with Crippen molar-refractivity contribution >= 4 is 10.9 Å². The van der Waals surface area contributed by atoms with Crippen molar-refractivity contribution in [3.8, 4) is 0 Å². The van der Waals surface area contributed by atoms with Crippen LogP contribution in [0.5, 0.6) is 0 Å². The van der Waals surface area contributed by atoms with Gasteiger partial charge in [0.1, 0.15) is 0 Å². The van der Waals surface area contributed by atoms with E-state index in [2.05, 4.69) is 56.9 Å². The van der Waals surface area contributed by atoms with Gasteiger partial charge in [-0.1, -0.05) is 90.5 Å². The Morgan fingerprint density at radius 1 is 0.821 bits per heavy atom. The van der Waals surface area contributed by atoms with Crippen LogP contribution in [-0.2, 0) is 6.54 Å². The summed E-state index contributed by atoms with van der Waals surface area (Å²) >= 11 is 0. The van der Waals surface area contributed by atoms with E-state index in [4.69, 9.17) is 4.98 Å². The Kier molecular flexibility index (Phi) is 10.6. The minimum Gasteiger partial charge on any atom is -0.298 e. The molecule has 2 unspecified atom stereocenters. The molecular weight excluding hydrogens is 340 g/mol. The van der Waals surface area contributed by atoms with Crippen LogP contribution >= 0.6 is 0 Å². The fraction of sp³-hybridized carbons (Fsp3) is 0.654. The van der Waals surface area contributed by atoms with Gasteiger partial charge in [-0.2, -0.15) is 0 Å². The van der Waals surface area contributed by atoms with Gasteiger partial charge in [-0.15, -0.1) is 0 Å². The predicted molar refractivity (Wildman–Crippen MR) is 124 cm³/mol. The predicted octanol–water partition coefficient (Wildman–Crippen LogP) is 7.47. The lowest BCUT2D eigenvalue weighted by Gasteiger charge is -2.31. The number of hydrogen-bond donors (Lipinski definition) is 0. The van der Waals surface area contributed by atoms with Gasteiger partial charge < -0.3 is 0 Å². The molecule has 1 heterocycles. The largest absolute Gasteiger partial charge is 0.298 e. The minimum absolute atomic E-state index is 0.812. The van der Waals surface area contributed by atoms with Crippen LogP contribution in [0.25, 0.3) is 10.9 Å². The maximum absolute atomic E-state index is 4.71. The molecule has 0 saturated heterocycles. The number of para-hydroxylation sites is 1. The summed E-state index contributed by atoms with van der Waals surface area (Å²) in [6.07, 6.45) is 12.6. The molecule has 0 amide bonds. The average molecular weight is 383 g/mol. The Morgan fingerprint density at radius 3 is 2.00 bits per heavy atom. The van der Waals surface area contributed by atoms with E-state index in [1.165, 1.54) is 80.9 Å². The van der Waals surface area contributed by atoms with Crippen molar-refractivity contribution < 1.29 is 0 Å². The third-order valence-corrected chi connectivity index (χ3v) is 6.23. The molecule has 0 aliphatic rings. The van der Waals surface area contributed by atoms with E-state index in [9.17, 15) is 0 Å². The SMILES string of the molecule is CCCCC(CC)CN(Cc1cccc2cccnc12)CC(CC)CCCC. The van der Waals surface area contributed by atoms with E-state index in [1.54, 1.807) is 0 Å². The minimum atomic E-state index is 0.812. The first-order valence-electron chi connectivity index (χ1n) is 11.8. The molecule has 2 aromatic rings. The zero-order chi connectivity index (χ0) is 20.2. The number of aromatic nitrogens is 1. The van der Waals surface area contributed by atoms with Crippen LogP contribution in [0.15, 0.2) is 36.5 Å². The molecule has 156 valence electrons. The monoisotopic (exact) mass is 382 g/mol. The van der Waals surface area contributed by atoms with E-state index >= 15 is 0 Å². The Labute approximate surface area is 173 Å². The maximum atomic E-state index is 4.71. The highest BCUT2D eigenvalue weighted by molar-refractivity contribution is 5.81. The summed E-state index contributed by atoms with van der Waals surface area (Å²) in [5.74, 6) is 1.62. The molecular formula is C26H42N2. The molecule has 0 radical (unpaired) electrons. The van der Waals surface area contributed by atoms with Crippen molar-refractivity contribution in [2.24, 2.45) is 11.8 Å². The number of pyridine rings is 1. The molecule has 1 aromatic heterocycles. The van der Waals surface area contributed by atoms with Gasteiger partial charge in [0.2, 0.25) is 0 Å². The van der Waals surface area contributed by atoms with Gasteiger partial charge in [0.15, 0.2) is 0 Å². The van der Waals surface area contributed by atoms with Crippen molar-refractivity contribution in [2.45, 2.75) is 85.6 Å². The van der Waals surface area contributed by atoms with E-state index in [-0.39, 0.29) is 0 Å². The fourth-order valence-electron chi connectivity index (χ4n) is 4.30. The summed E-state index contributed by atoms with van der Waals surface area (Å²) in [6.45, 7) is 12.8. The molecule has 0 saturated carbocycles. The first-order chi connectivity index (χ1) is 13.7. The van der Waals surface area contributed by atoms with Crippen molar-refractivity contribution in [3.05, 3.63) is 42.1 Å². The molecule has 0 N–H and O–H groups in total. The Hall–Kier alpha value is -1.41. The maximum Gasteiger partial charge on any atom is 0.0746 e. The van der Waals surface area contributed by atoms with Crippen molar-refractivity contribution in [1.82, 2.24) is 9.88 Å². The van der Waals surface area contributed by atoms with E-state index in [0.717, 1.165) is 18.4 Å². The second-order valence-electron chi connectivity index (χ2n) is 8.52. The van der Waals surface area contributed by atoms with Crippen LogP contribution in [0.4, 0.5) is 0 Å². The van der Waals surface area contributed by atoms with Crippen LogP contribution in [0.2, 0.25) is 0 Å². The smallest absolute Gasteiger partial charge is 0.0746 e. The topological polar surface area (TPSA) is 16.1 Å². The molecule has 2 atom stereocenters. The summed E-state index contributed by atoms with van der Waals surface area (Å²) in [4.78, 5) is 7.45. The highest BCUT2D eigenvalue weighted by Crippen LogP contribution is 2.23. The van der Waals surface area contributed by atoms with E-state index < -0.39 is 0 Å². The quantitative estimate of drug-likeness (QED) is 0.337. The van der Waals surface area contributed by atoms with E-state index in [0.29, 0.717) is 0 Å². The zero-order valence-electron chi connectivity index (χ0n) is 18.8. The molecule has 0 spiro atoms. The molecule has 0 fully saturated rings. The Morgan fingerprint density at radius 2 is 1.43 bits per heavy atom. The fourth-order valence-corrected chi connectivity index (χ4v) is 4.30. The molecule has 2 rings (SSSR count). The number of nitrogens with zero attached hydrogens (tertiary/aromatic N) is 2. The van der Waals surface area contributed by atoms with Crippen molar-refractivity contribution in [3.63, 3.8) is 0 Å². The molecule has 0 aliphatic heterocycles. The van der Waals surface area contributed by atoms with Gasteiger partial charge >= 0.3 is 0 Å². The van der Waals surface area contributed by atoms with Gasteiger partial charge in [-0.3, -0.25) is 9.88 Å². The summed E-state index contributed by atoms with van der Waals surface area (Å²) in [7, 11) is 0. The number of hydrogen-bond acceptors (Lipinski definition) is 2. The highest BCUT2D eigenvalue weighted by atomic mass is 15.1.